The zero-order valence-electron chi connectivity index (χ0n) is 12.7. The number of hydrogen-bond donors (Lipinski definition) is 2. The Bertz CT molecular complexity index is 503. The van der Waals surface area contributed by atoms with E-state index in [0.717, 1.165) is 32.8 Å². The molecule has 7 nitrogen and oxygen atoms in total. The normalized spacial score (nSPS) is 17.0. The van der Waals surface area contributed by atoms with Crippen LogP contribution in [-0.2, 0) is 9.53 Å². The number of hydrogen-bond acceptors (Lipinski definition) is 6. The predicted molar refractivity (Wildman–Crippen MR) is 80.3 cm³/mol. The molecule has 0 aliphatic carbocycles. The molecule has 122 valence electrons. The van der Waals surface area contributed by atoms with Crippen LogP contribution in [0.1, 0.15) is 11.6 Å². The molecule has 1 saturated heterocycles. The molecule has 7 heteroatoms. The maximum atomic E-state index is 11.1. The van der Waals surface area contributed by atoms with Gasteiger partial charge in [-0.05, 0) is 6.07 Å². The van der Waals surface area contributed by atoms with E-state index in [1.165, 1.54) is 7.11 Å². The van der Waals surface area contributed by atoms with Gasteiger partial charge in [0.15, 0.2) is 11.5 Å². The fourth-order valence-electron chi connectivity index (χ4n) is 2.33. The molecule has 0 aromatic heterocycles. The van der Waals surface area contributed by atoms with E-state index in [4.69, 9.17) is 25.1 Å². The molecule has 3 N–H and O–H groups in total. The van der Waals surface area contributed by atoms with E-state index < -0.39 is 12.0 Å². The second kappa shape index (κ2) is 7.98. The summed E-state index contributed by atoms with van der Waals surface area (Å²) in [7, 11) is 1.51. The highest BCUT2D eigenvalue weighted by Crippen LogP contribution is 2.34. The van der Waals surface area contributed by atoms with E-state index in [-0.39, 0.29) is 0 Å². The summed E-state index contributed by atoms with van der Waals surface area (Å²) in [5.74, 6) is -0.226. The van der Waals surface area contributed by atoms with Gasteiger partial charge >= 0.3 is 5.97 Å². The topological polar surface area (TPSA) is 94.2 Å². The lowest BCUT2D eigenvalue weighted by atomic mass is 10.1. The van der Waals surface area contributed by atoms with Gasteiger partial charge in [-0.3, -0.25) is 9.69 Å². The van der Waals surface area contributed by atoms with Gasteiger partial charge in [0.2, 0.25) is 0 Å². The van der Waals surface area contributed by atoms with Crippen molar-refractivity contribution in [3.8, 4) is 11.5 Å². The maximum absolute atomic E-state index is 11.1. The quantitative estimate of drug-likeness (QED) is 0.757. The molecular formula is C15H22N2O5. The highest BCUT2D eigenvalue weighted by atomic mass is 16.5. The number of ether oxygens (including phenoxy) is 3. The van der Waals surface area contributed by atoms with Crippen LogP contribution in [-0.4, -0.2) is 62.5 Å². The standard InChI is InChI=1S/C15H22N2O5/c1-20-12-4-2-3-11(13(16)15(18)19)14(12)22-10-7-17-5-8-21-9-6-17/h2-4,13H,5-10,16H2,1H3,(H,18,19)/t13-/m0/s1. The summed E-state index contributed by atoms with van der Waals surface area (Å²) in [4.78, 5) is 13.4. The first-order valence-corrected chi connectivity index (χ1v) is 7.21. The van der Waals surface area contributed by atoms with E-state index in [1.807, 2.05) is 0 Å². The molecule has 0 saturated carbocycles. The van der Waals surface area contributed by atoms with Gasteiger partial charge in [0.1, 0.15) is 12.6 Å². The number of nitrogens with two attached hydrogens (primary N) is 1. The number of aliphatic carboxylic acids is 1. The Morgan fingerprint density at radius 1 is 1.45 bits per heavy atom. The average Bonchev–Trinajstić information content (AvgIpc) is 2.55. The summed E-state index contributed by atoms with van der Waals surface area (Å²) in [6, 6.07) is 3.92. The second-order valence-electron chi connectivity index (χ2n) is 5.00. The number of carboxylic acid groups (broad SMARTS) is 1. The molecule has 1 aromatic carbocycles. The lowest BCUT2D eigenvalue weighted by molar-refractivity contribution is -0.138. The molecule has 1 aliphatic rings. The largest absolute Gasteiger partial charge is 0.493 e. The van der Waals surface area contributed by atoms with Crippen LogP contribution in [0, 0.1) is 0 Å². The van der Waals surface area contributed by atoms with E-state index in [2.05, 4.69) is 4.90 Å². The van der Waals surface area contributed by atoms with Gasteiger partial charge in [-0.15, -0.1) is 0 Å². The number of para-hydroxylation sites is 1. The van der Waals surface area contributed by atoms with Crippen molar-refractivity contribution in [2.24, 2.45) is 5.73 Å². The summed E-state index contributed by atoms with van der Waals surface area (Å²) in [5.41, 5.74) is 6.13. The molecule has 1 fully saturated rings. The van der Waals surface area contributed by atoms with E-state index in [9.17, 15) is 4.79 Å². The molecule has 1 heterocycles. The lowest BCUT2D eigenvalue weighted by Crippen LogP contribution is -2.38. The number of carbonyl (C=O) groups is 1. The Balaban J connectivity index is 2.05. The van der Waals surface area contributed by atoms with E-state index in [1.54, 1.807) is 18.2 Å². The number of methoxy groups -OCH3 is 1. The minimum Gasteiger partial charge on any atom is -0.493 e. The molecule has 1 aliphatic heterocycles. The van der Waals surface area contributed by atoms with Crippen molar-refractivity contribution in [3.63, 3.8) is 0 Å². The Morgan fingerprint density at radius 2 is 2.18 bits per heavy atom. The third kappa shape index (κ3) is 4.09. The van der Waals surface area contributed by atoms with Crippen molar-refractivity contribution >= 4 is 5.97 Å². The molecule has 0 bridgehead atoms. The number of rotatable bonds is 7. The van der Waals surface area contributed by atoms with Crippen LogP contribution in [0.4, 0.5) is 0 Å². The SMILES string of the molecule is COc1cccc([C@H](N)C(=O)O)c1OCCN1CCOCC1. The molecule has 0 radical (unpaired) electrons. The second-order valence-corrected chi connectivity index (χ2v) is 5.00. The fourth-order valence-corrected chi connectivity index (χ4v) is 2.33. The van der Waals surface area contributed by atoms with Gasteiger partial charge in [0, 0.05) is 25.2 Å². The highest BCUT2D eigenvalue weighted by Gasteiger charge is 2.22. The minimum atomic E-state index is -1.14. The zero-order chi connectivity index (χ0) is 15.9. The Kier molecular flexibility index (Phi) is 6.00. The van der Waals surface area contributed by atoms with Crippen LogP contribution in [0.2, 0.25) is 0 Å². The molecule has 22 heavy (non-hydrogen) atoms. The van der Waals surface area contributed by atoms with Gasteiger partial charge in [-0.2, -0.15) is 0 Å². The van der Waals surface area contributed by atoms with Crippen molar-refractivity contribution < 1.29 is 24.1 Å². The third-order valence-corrected chi connectivity index (χ3v) is 3.59. The maximum Gasteiger partial charge on any atom is 0.325 e. The van der Waals surface area contributed by atoms with Crippen molar-refractivity contribution in [1.29, 1.82) is 0 Å². The summed E-state index contributed by atoms with van der Waals surface area (Å²) in [5, 5.41) is 9.11. The Hall–Kier alpha value is -1.83. The molecule has 1 aromatic rings. The number of benzene rings is 1. The van der Waals surface area contributed by atoms with Crippen LogP contribution in [0.25, 0.3) is 0 Å². The molecule has 1 atom stereocenters. The van der Waals surface area contributed by atoms with Gasteiger partial charge in [0.25, 0.3) is 0 Å². The van der Waals surface area contributed by atoms with Crippen LogP contribution in [0.5, 0.6) is 11.5 Å². The van der Waals surface area contributed by atoms with Crippen molar-refractivity contribution in [2.45, 2.75) is 6.04 Å². The number of nitrogens with zero attached hydrogens (tertiary/aromatic N) is 1. The predicted octanol–water partition coefficient (Wildman–Crippen LogP) is 0.491. The lowest BCUT2D eigenvalue weighted by Gasteiger charge is -2.26. The van der Waals surface area contributed by atoms with Gasteiger partial charge < -0.3 is 25.1 Å². The summed E-state index contributed by atoms with van der Waals surface area (Å²) < 4.78 is 16.3. The molecule has 2 rings (SSSR count). The van der Waals surface area contributed by atoms with Crippen molar-refractivity contribution in [3.05, 3.63) is 23.8 Å². The average molecular weight is 310 g/mol. The van der Waals surface area contributed by atoms with Crippen LogP contribution >= 0.6 is 0 Å². The third-order valence-electron chi connectivity index (χ3n) is 3.59. The first-order chi connectivity index (χ1) is 10.6. The zero-order valence-corrected chi connectivity index (χ0v) is 12.7. The van der Waals surface area contributed by atoms with Gasteiger partial charge in [-0.1, -0.05) is 12.1 Å². The van der Waals surface area contributed by atoms with Crippen LogP contribution in [0.15, 0.2) is 18.2 Å². The number of morpholine rings is 1. The monoisotopic (exact) mass is 310 g/mol. The minimum absolute atomic E-state index is 0.396. The highest BCUT2D eigenvalue weighted by molar-refractivity contribution is 5.77. The smallest absolute Gasteiger partial charge is 0.325 e. The Morgan fingerprint density at radius 3 is 2.82 bits per heavy atom. The molecule has 0 unspecified atom stereocenters. The fraction of sp³-hybridized carbons (Fsp3) is 0.533. The molecule has 0 spiro atoms. The van der Waals surface area contributed by atoms with Gasteiger partial charge in [0.05, 0.1) is 20.3 Å². The first kappa shape index (κ1) is 16.5. The number of carboxylic acids is 1. The van der Waals surface area contributed by atoms with Crippen molar-refractivity contribution in [2.75, 3.05) is 46.6 Å². The van der Waals surface area contributed by atoms with Crippen molar-refractivity contribution in [1.82, 2.24) is 4.90 Å². The van der Waals surface area contributed by atoms with Crippen LogP contribution in [0.3, 0.4) is 0 Å². The van der Waals surface area contributed by atoms with E-state index in [0.29, 0.717) is 23.7 Å². The molecular weight excluding hydrogens is 288 g/mol. The summed E-state index contributed by atoms with van der Waals surface area (Å²) in [6.45, 7) is 4.37. The molecule has 0 amide bonds. The van der Waals surface area contributed by atoms with E-state index >= 15 is 0 Å². The Labute approximate surface area is 129 Å². The first-order valence-electron chi connectivity index (χ1n) is 7.21. The van der Waals surface area contributed by atoms with Crippen LogP contribution < -0.4 is 15.2 Å². The summed E-state index contributed by atoms with van der Waals surface area (Å²) >= 11 is 0. The summed E-state index contributed by atoms with van der Waals surface area (Å²) in [6.07, 6.45) is 0. The van der Waals surface area contributed by atoms with Gasteiger partial charge in [-0.25, -0.2) is 0 Å².